The lowest BCUT2D eigenvalue weighted by Gasteiger charge is -2.21. The third-order valence-electron chi connectivity index (χ3n) is 3.53. The normalized spacial score (nSPS) is 22.3. The minimum absolute atomic E-state index is 0.409. The first-order valence-corrected chi connectivity index (χ1v) is 6.08. The smallest absolute Gasteiger partial charge is 0.0620 e. The van der Waals surface area contributed by atoms with E-state index in [1.807, 2.05) is 0 Å². The molecule has 1 aliphatic heterocycles. The topological polar surface area (TPSA) is 21.3 Å². The van der Waals surface area contributed by atoms with E-state index < -0.39 is 0 Å². The van der Waals surface area contributed by atoms with E-state index in [9.17, 15) is 0 Å². The van der Waals surface area contributed by atoms with Gasteiger partial charge in [-0.05, 0) is 43.9 Å². The highest BCUT2D eigenvalue weighted by Gasteiger charge is 2.19. The van der Waals surface area contributed by atoms with E-state index in [1.54, 1.807) is 0 Å². The summed E-state index contributed by atoms with van der Waals surface area (Å²) in [6, 6.07) is 7.46. The number of aryl methyl sites for hydroxylation is 1. The monoisotopic (exact) mass is 219 g/mol. The van der Waals surface area contributed by atoms with Crippen molar-refractivity contribution >= 4 is 0 Å². The molecule has 2 unspecified atom stereocenters. The summed E-state index contributed by atoms with van der Waals surface area (Å²) >= 11 is 0. The molecule has 1 aromatic carbocycles. The van der Waals surface area contributed by atoms with Gasteiger partial charge in [0.25, 0.3) is 0 Å². The molecule has 1 fully saturated rings. The number of rotatable bonds is 3. The fourth-order valence-electron chi connectivity index (χ4n) is 2.35. The van der Waals surface area contributed by atoms with Crippen LogP contribution in [0.15, 0.2) is 18.2 Å². The van der Waals surface area contributed by atoms with Crippen LogP contribution in [0.4, 0.5) is 0 Å². The van der Waals surface area contributed by atoms with Crippen molar-refractivity contribution in [3.63, 3.8) is 0 Å². The molecule has 1 aromatic rings. The molecule has 0 radical (unpaired) electrons. The summed E-state index contributed by atoms with van der Waals surface area (Å²) < 4.78 is 5.39. The fourth-order valence-corrected chi connectivity index (χ4v) is 2.35. The van der Waals surface area contributed by atoms with Gasteiger partial charge < -0.3 is 10.1 Å². The average Bonchev–Trinajstić information content (AvgIpc) is 2.74. The molecule has 0 aromatic heterocycles. The Hall–Kier alpha value is -0.860. The summed E-state index contributed by atoms with van der Waals surface area (Å²) in [6.45, 7) is 8.37. The second-order valence-electron chi connectivity index (χ2n) is 4.74. The third kappa shape index (κ3) is 2.45. The number of benzene rings is 1. The van der Waals surface area contributed by atoms with E-state index in [4.69, 9.17) is 4.74 Å². The third-order valence-corrected chi connectivity index (χ3v) is 3.53. The maximum Gasteiger partial charge on any atom is 0.0620 e. The van der Waals surface area contributed by atoms with E-state index in [0.29, 0.717) is 12.1 Å². The summed E-state index contributed by atoms with van der Waals surface area (Å²) in [5, 5.41) is 3.64. The summed E-state index contributed by atoms with van der Waals surface area (Å²) in [5.74, 6) is 0. The van der Waals surface area contributed by atoms with Crippen LogP contribution in [0.5, 0.6) is 0 Å². The Labute approximate surface area is 98.0 Å². The Morgan fingerprint density at radius 2 is 2.19 bits per heavy atom. The van der Waals surface area contributed by atoms with Crippen molar-refractivity contribution in [3.05, 3.63) is 34.9 Å². The summed E-state index contributed by atoms with van der Waals surface area (Å²) in [5.41, 5.74) is 4.18. The van der Waals surface area contributed by atoms with Gasteiger partial charge in [0, 0.05) is 18.7 Å². The van der Waals surface area contributed by atoms with Crippen molar-refractivity contribution in [1.29, 1.82) is 0 Å². The molecular weight excluding hydrogens is 198 g/mol. The van der Waals surface area contributed by atoms with Gasteiger partial charge in [-0.25, -0.2) is 0 Å². The van der Waals surface area contributed by atoms with Gasteiger partial charge in [0.15, 0.2) is 0 Å². The zero-order chi connectivity index (χ0) is 11.5. The number of hydrogen-bond acceptors (Lipinski definition) is 2. The molecule has 0 amide bonds. The van der Waals surface area contributed by atoms with Crippen LogP contribution in [0.1, 0.15) is 36.1 Å². The van der Waals surface area contributed by atoms with Gasteiger partial charge in [-0.1, -0.05) is 18.2 Å². The molecule has 0 saturated carbocycles. The van der Waals surface area contributed by atoms with Crippen molar-refractivity contribution in [1.82, 2.24) is 5.32 Å². The van der Waals surface area contributed by atoms with Gasteiger partial charge in [-0.3, -0.25) is 0 Å². The van der Waals surface area contributed by atoms with E-state index in [-0.39, 0.29) is 0 Å². The van der Waals surface area contributed by atoms with Gasteiger partial charge >= 0.3 is 0 Å². The Morgan fingerprint density at radius 3 is 2.88 bits per heavy atom. The molecule has 1 saturated heterocycles. The molecule has 1 heterocycles. The van der Waals surface area contributed by atoms with Crippen LogP contribution in [0.2, 0.25) is 0 Å². The van der Waals surface area contributed by atoms with Gasteiger partial charge in [-0.2, -0.15) is 0 Å². The summed E-state index contributed by atoms with van der Waals surface area (Å²) in [6.07, 6.45) is 1.13. The largest absolute Gasteiger partial charge is 0.380 e. The molecule has 2 heteroatoms. The molecule has 2 atom stereocenters. The van der Waals surface area contributed by atoms with Crippen LogP contribution in [-0.2, 0) is 4.74 Å². The molecule has 88 valence electrons. The Bertz CT molecular complexity index is 356. The highest BCUT2D eigenvalue weighted by molar-refractivity contribution is 5.35. The van der Waals surface area contributed by atoms with Crippen LogP contribution in [0, 0.1) is 13.8 Å². The number of nitrogens with one attached hydrogen (secondary N) is 1. The van der Waals surface area contributed by atoms with E-state index in [1.165, 1.54) is 16.7 Å². The first-order valence-electron chi connectivity index (χ1n) is 6.08. The predicted molar refractivity (Wildman–Crippen MR) is 66.7 cm³/mol. The van der Waals surface area contributed by atoms with Crippen LogP contribution in [0.3, 0.4) is 0 Å². The molecule has 1 N–H and O–H groups in total. The van der Waals surface area contributed by atoms with Crippen molar-refractivity contribution in [3.8, 4) is 0 Å². The lowest BCUT2D eigenvalue weighted by Crippen LogP contribution is -2.32. The second-order valence-corrected chi connectivity index (χ2v) is 4.74. The molecule has 0 spiro atoms. The van der Waals surface area contributed by atoms with Crippen LogP contribution >= 0.6 is 0 Å². The summed E-state index contributed by atoms with van der Waals surface area (Å²) in [7, 11) is 0. The number of hydrogen-bond donors (Lipinski definition) is 1. The average molecular weight is 219 g/mol. The molecule has 1 aliphatic rings. The molecular formula is C14H21NO. The highest BCUT2D eigenvalue weighted by Crippen LogP contribution is 2.21. The standard InChI is InChI=1S/C14H21NO/c1-10-5-4-6-14(11(10)2)12(3)15-13-7-8-16-9-13/h4-6,12-13,15H,7-9H2,1-3H3. The minimum Gasteiger partial charge on any atom is -0.380 e. The quantitative estimate of drug-likeness (QED) is 0.844. The second kappa shape index (κ2) is 4.98. The van der Waals surface area contributed by atoms with E-state index in [0.717, 1.165) is 19.6 Å². The molecule has 2 rings (SSSR count). The SMILES string of the molecule is Cc1cccc(C(C)NC2CCOC2)c1C. The van der Waals surface area contributed by atoms with Crippen LogP contribution in [-0.4, -0.2) is 19.3 Å². The van der Waals surface area contributed by atoms with Gasteiger partial charge in [0.2, 0.25) is 0 Å². The minimum atomic E-state index is 0.409. The first-order chi connectivity index (χ1) is 7.68. The first kappa shape index (κ1) is 11.6. The van der Waals surface area contributed by atoms with E-state index in [2.05, 4.69) is 44.3 Å². The predicted octanol–water partition coefficient (Wildman–Crippen LogP) is 2.74. The zero-order valence-electron chi connectivity index (χ0n) is 10.4. The molecule has 2 nitrogen and oxygen atoms in total. The van der Waals surface area contributed by atoms with Gasteiger partial charge in [0.05, 0.1) is 6.61 Å². The Balaban J connectivity index is 2.07. The fraction of sp³-hybridized carbons (Fsp3) is 0.571. The van der Waals surface area contributed by atoms with Gasteiger partial charge in [0.1, 0.15) is 0 Å². The lowest BCUT2D eigenvalue weighted by atomic mass is 9.98. The molecule has 16 heavy (non-hydrogen) atoms. The van der Waals surface area contributed by atoms with Crippen molar-refractivity contribution < 1.29 is 4.74 Å². The zero-order valence-corrected chi connectivity index (χ0v) is 10.4. The Morgan fingerprint density at radius 1 is 1.38 bits per heavy atom. The molecule has 0 aliphatic carbocycles. The van der Waals surface area contributed by atoms with Crippen LogP contribution in [0.25, 0.3) is 0 Å². The maximum absolute atomic E-state index is 5.39. The maximum atomic E-state index is 5.39. The molecule has 0 bridgehead atoms. The van der Waals surface area contributed by atoms with E-state index >= 15 is 0 Å². The van der Waals surface area contributed by atoms with Gasteiger partial charge in [-0.15, -0.1) is 0 Å². The summed E-state index contributed by atoms with van der Waals surface area (Å²) in [4.78, 5) is 0. The Kier molecular flexibility index (Phi) is 3.62. The van der Waals surface area contributed by atoms with Crippen molar-refractivity contribution in [2.24, 2.45) is 0 Å². The van der Waals surface area contributed by atoms with Crippen molar-refractivity contribution in [2.45, 2.75) is 39.3 Å². The number of ether oxygens (including phenoxy) is 1. The van der Waals surface area contributed by atoms with Crippen molar-refractivity contribution in [2.75, 3.05) is 13.2 Å². The highest BCUT2D eigenvalue weighted by atomic mass is 16.5. The lowest BCUT2D eigenvalue weighted by molar-refractivity contribution is 0.188. The van der Waals surface area contributed by atoms with Crippen LogP contribution < -0.4 is 5.32 Å².